The van der Waals surface area contributed by atoms with E-state index in [1.165, 1.54) is 12.1 Å². The van der Waals surface area contributed by atoms with Gasteiger partial charge in [0.2, 0.25) is 0 Å². The molecule has 3 aromatic carbocycles. The molecule has 0 spiro atoms. The van der Waals surface area contributed by atoms with E-state index in [0.29, 0.717) is 28.4 Å². The van der Waals surface area contributed by atoms with E-state index in [0.717, 1.165) is 29.4 Å². The smallest absolute Gasteiger partial charge is 0.293 e. The summed E-state index contributed by atoms with van der Waals surface area (Å²) in [6, 6.07) is 19.5. The highest BCUT2D eigenvalue weighted by Crippen LogP contribution is 2.37. The Morgan fingerprint density at radius 1 is 1.00 bits per heavy atom. The largest absolute Gasteiger partial charge is 0.487 e. The van der Waals surface area contributed by atoms with Crippen LogP contribution in [0.1, 0.15) is 16.7 Å². The van der Waals surface area contributed by atoms with Crippen molar-refractivity contribution in [1.29, 1.82) is 0 Å². The molecule has 3 aromatic rings. The van der Waals surface area contributed by atoms with Crippen molar-refractivity contribution >= 4 is 79.9 Å². The third-order valence-corrected chi connectivity index (χ3v) is 7.24. The maximum absolute atomic E-state index is 13.0. The molecule has 10 heteroatoms. The number of halogens is 2. The number of ether oxygens (including phenoxy) is 1. The Morgan fingerprint density at radius 3 is 2.38 bits per heavy atom. The van der Waals surface area contributed by atoms with Gasteiger partial charge in [-0.25, -0.2) is 0 Å². The van der Waals surface area contributed by atoms with E-state index >= 15 is 0 Å². The molecule has 0 unspecified atom stereocenters. The van der Waals surface area contributed by atoms with E-state index in [-0.39, 0.29) is 17.5 Å². The molecule has 2 amide bonds. The van der Waals surface area contributed by atoms with Gasteiger partial charge in [0.1, 0.15) is 12.4 Å². The molecular formula is C24H16I2N2O5S. The first-order chi connectivity index (χ1) is 16.3. The average Bonchev–Trinajstić information content (AvgIpc) is 3.07. The summed E-state index contributed by atoms with van der Waals surface area (Å²) in [4.78, 5) is 37.4. The van der Waals surface area contributed by atoms with Crippen molar-refractivity contribution in [2.75, 3.05) is 0 Å². The lowest BCUT2D eigenvalue weighted by Gasteiger charge is -2.13. The molecule has 0 atom stereocenters. The summed E-state index contributed by atoms with van der Waals surface area (Å²) in [5.41, 5.74) is 2.32. The van der Waals surface area contributed by atoms with Gasteiger partial charge in [-0.3, -0.25) is 24.6 Å². The van der Waals surface area contributed by atoms with E-state index in [9.17, 15) is 19.7 Å². The fourth-order valence-electron chi connectivity index (χ4n) is 3.25. The van der Waals surface area contributed by atoms with Gasteiger partial charge in [0.05, 0.1) is 19.9 Å². The molecular weight excluding hydrogens is 682 g/mol. The van der Waals surface area contributed by atoms with Crippen LogP contribution in [0.3, 0.4) is 0 Å². The summed E-state index contributed by atoms with van der Waals surface area (Å²) in [7, 11) is 0. The minimum Gasteiger partial charge on any atom is -0.487 e. The summed E-state index contributed by atoms with van der Waals surface area (Å²) < 4.78 is 7.98. The first kappa shape index (κ1) is 24.7. The van der Waals surface area contributed by atoms with Crippen LogP contribution in [0.15, 0.2) is 71.6 Å². The fourth-order valence-corrected chi connectivity index (χ4v) is 6.13. The topological polar surface area (TPSA) is 89.8 Å². The quantitative estimate of drug-likeness (QED) is 0.119. The summed E-state index contributed by atoms with van der Waals surface area (Å²) in [6.45, 7) is 0.418. The highest BCUT2D eigenvalue weighted by molar-refractivity contribution is 14.1. The molecule has 1 fully saturated rings. The molecule has 0 aromatic heterocycles. The molecule has 1 aliphatic rings. The number of imide groups is 1. The Balaban J connectivity index is 1.57. The van der Waals surface area contributed by atoms with Crippen LogP contribution in [0.5, 0.6) is 5.75 Å². The summed E-state index contributed by atoms with van der Waals surface area (Å²) in [5.74, 6) is 0.239. The normalized spacial score (nSPS) is 14.6. The molecule has 0 radical (unpaired) electrons. The molecule has 0 N–H and O–H groups in total. The van der Waals surface area contributed by atoms with Gasteiger partial charge in [-0.1, -0.05) is 42.5 Å². The molecule has 1 saturated heterocycles. The Morgan fingerprint density at radius 2 is 1.71 bits per heavy atom. The highest BCUT2D eigenvalue weighted by Gasteiger charge is 2.35. The zero-order chi connectivity index (χ0) is 24.2. The minimum atomic E-state index is -0.493. The standard InChI is InChI=1S/C24H16I2N2O5S/c25-18-10-17(22(20(26)12-18)33-14-16-4-2-1-3-5-16)11-21-23(29)27(24(30)34-21)13-15-6-8-19(9-7-15)28(31)32/h1-12H,13-14H2/b21-11-. The number of non-ortho nitro benzene ring substituents is 1. The summed E-state index contributed by atoms with van der Waals surface area (Å²) >= 11 is 5.27. The van der Waals surface area contributed by atoms with Crippen molar-refractivity contribution < 1.29 is 19.2 Å². The molecule has 172 valence electrons. The molecule has 1 aliphatic heterocycles. The fraction of sp³-hybridized carbons (Fsp3) is 0.0833. The van der Waals surface area contributed by atoms with Crippen LogP contribution < -0.4 is 4.74 Å². The van der Waals surface area contributed by atoms with Crippen molar-refractivity contribution in [2.24, 2.45) is 0 Å². The second-order valence-corrected chi connectivity index (χ2v) is 10.7. The Kier molecular flexibility index (Phi) is 7.88. The predicted molar refractivity (Wildman–Crippen MR) is 147 cm³/mol. The number of nitro groups is 1. The maximum Gasteiger partial charge on any atom is 0.293 e. The first-order valence-electron chi connectivity index (χ1n) is 9.96. The van der Waals surface area contributed by atoms with Crippen LogP contribution in [-0.2, 0) is 17.9 Å². The second-order valence-electron chi connectivity index (χ2n) is 7.27. The van der Waals surface area contributed by atoms with Crippen LogP contribution in [0.25, 0.3) is 6.08 Å². The molecule has 1 heterocycles. The third kappa shape index (κ3) is 5.78. The molecule has 0 bridgehead atoms. The van der Waals surface area contributed by atoms with Gasteiger partial charge in [-0.05, 0) is 86.3 Å². The second kappa shape index (κ2) is 10.9. The van der Waals surface area contributed by atoms with Crippen LogP contribution in [0.2, 0.25) is 0 Å². The minimum absolute atomic E-state index is 0.0429. The van der Waals surface area contributed by atoms with Crippen LogP contribution in [-0.4, -0.2) is 21.0 Å². The van der Waals surface area contributed by atoms with Gasteiger partial charge in [-0.15, -0.1) is 0 Å². The number of hydrogen-bond donors (Lipinski definition) is 0. The zero-order valence-electron chi connectivity index (χ0n) is 17.4. The lowest BCUT2D eigenvalue weighted by molar-refractivity contribution is -0.384. The molecule has 4 rings (SSSR count). The molecule has 7 nitrogen and oxygen atoms in total. The molecule has 0 saturated carbocycles. The Hall–Kier alpha value is -2.45. The van der Waals surface area contributed by atoms with Gasteiger partial charge in [0, 0.05) is 21.3 Å². The summed E-state index contributed by atoms with van der Waals surface area (Å²) in [5, 5.41) is 10.5. The number of amides is 2. The predicted octanol–water partition coefficient (Wildman–Crippen LogP) is 6.62. The number of benzene rings is 3. The maximum atomic E-state index is 13.0. The number of hydrogen-bond acceptors (Lipinski definition) is 6. The first-order valence-corrected chi connectivity index (χ1v) is 12.9. The van der Waals surface area contributed by atoms with Gasteiger partial charge < -0.3 is 4.74 Å². The van der Waals surface area contributed by atoms with Crippen LogP contribution >= 0.6 is 56.9 Å². The number of nitrogens with zero attached hydrogens (tertiary/aromatic N) is 2. The lowest BCUT2D eigenvalue weighted by atomic mass is 10.1. The SMILES string of the molecule is O=C1S/C(=C\c2cc(I)cc(I)c2OCc2ccccc2)C(=O)N1Cc1ccc([N+](=O)[O-])cc1. The number of rotatable bonds is 7. The van der Waals surface area contributed by atoms with Crippen molar-refractivity contribution in [1.82, 2.24) is 4.90 Å². The number of thioether (sulfide) groups is 1. The molecule has 0 aliphatic carbocycles. The summed E-state index contributed by atoms with van der Waals surface area (Å²) in [6.07, 6.45) is 1.69. The van der Waals surface area contributed by atoms with Crippen molar-refractivity contribution in [2.45, 2.75) is 13.2 Å². The van der Waals surface area contributed by atoms with Gasteiger partial charge in [-0.2, -0.15) is 0 Å². The van der Waals surface area contributed by atoms with Gasteiger partial charge in [0.25, 0.3) is 16.8 Å². The van der Waals surface area contributed by atoms with E-state index < -0.39 is 10.8 Å². The number of nitro benzene ring substituents is 1. The number of carbonyl (C=O) groups is 2. The van der Waals surface area contributed by atoms with E-state index in [1.54, 1.807) is 18.2 Å². The van der Waals surface area contributed by atoms with E-state index in [1.807, 2.05) is 42.5 Å². The Bertz CT molecular complexity index is 1300. The van der Waals surface area contributed by atoms with E-state index in [2.05, 4.69) is 45.2 Å². The van der Waals surface area contributed by atoms with Gasteiger partial charge in [0.15, 0.2) is 0 Å². The highest BCUT2D eigenvalue weighted by atomic mass is 127. The van der Waals surface area contributed by atoms with Crippen molar-refractivity contribution in [3.63, 3.8) is 0 Å². The molecule has 34 heavy (non-hydrogen) atoms. The average molecular weight is 698 g/mol. The van der Waals surface area contributed by atoms with Gasteiger partial charge >= 0.3 is 0 Å². The van der Waals surface area contributed by atoms with E-state index in [4.69, 9.17) is 4.74 Å². The lowest BCUT2D eigenvalue weighted by Crippen LogP contribution is -2.27. The van der Waals surface area contributed by atoms with Crippen LogP contribution in [0.4, 0.5) is 10.5 Å². The Labute approximate surface area is 227 Å². The van der Waals surface area contributed by atoms with Crippen molar-refractivity contribution in [3.05, 3.63) is 106 Å². The zero-order valence-corrected chi connectivity index (χ0v) is 22.6. The monoisotopic (exact) mass is 698 g/mol. The van der Waals surface area contributed by atoms with Crippen molar-refractivity contribution in [3.8, 4) is 5.75 Å². The number of carbonyl (C=O) groups excluding carboxylic acids is 2. The third-order valence-electron chi connectivity index (χ3n) is 4.91. The van der Waals surface area contributed by atoms with Crippen LogP contribution in [0, 0.1) is 17.3 Å².